The third-order valence-corrected chi connectivity index (χ3v) is 6.47. The normalized spacial score (nSPS) is 15.4. The van der Waals surface area contributed by atoms with Gasteiger partial charge in [-0.15, -0.1) is 0 Å². The first-order valence-corrected chi connectivity index (χ1v) is 10.5. The third-order valence-electron chi connectivity index (χ3n) is 4.84. The predicted molar refractivity (Wildman–Crippen MR) is 124 cm³/mol. The number of carbonyl (C=O) groups excluding carboxylic acids is 1. The van der Waals surface area contributed by atoms with E-state index in [0.717, 1.165) is 4.70 Å². The fraction of sp³-hybridized carbons (Fsp3) is 0.150. The van der Waals surface area contributed by atoms with Crippen LogP contribution in [-0.2, 0) is 4.79 Å². The molecule has 31 heavy (non-hydrogen) atoms. The fourth-order valence-electron chi connectivity index (χ4n) is 3.39. The molecule has 3 aromatic rings. The number of nitrogens with one attached hydrogen (secondary N) is 1. The molecule has 0 spiro atoms. The molecule has 8 nitrogen and oxygen atoms in total. The Kier molecular flexibility index (Phi) is 5.05. The van der Waals surface area contributed by atoms with Crippen molar-refractivity contribution >= 4 is 79.0 Å². The molecule has 2 N–H and O–H groups in total. The van der Waals surface area contributed by atoms with E-state index in [4.69, 9.17) is 34.2 Å². The van der Waals surface area contributed by atoms with Crippen LogP contribution >= 0.6 is 35.2 Å². The van der Waals surface area contributed by atoms with Gasteiger partial charge in [0.15, 0.2) is 10.2 Å². The lowest BCUT2D eigenvalue weighted by molar-refractivity contribution is -0.120. The fourth-order valence-corrected chi connectivity index (χ4v) is 4.96. The van der Waals surface area contributed by atoms with Crippen LogP contribution in [0.3, 0.4) is 0 Å². The van der Waals surface area contributed by atoms with Crippen LogP contribution in [0.25, 0.3) is 10.2 Å². The van der Waals surface area contributed by atoms with Crippen LogP contribution in [0.4, 0.5) is 21.3 Å². The number of amides is 2. The zero-order chi connectivity index (χ0) is 22.5. The summed E-state index contributed by atoms with van der Waals surface area (Å²) in [6.07, 6.45) is -1.19. The number of thiocarbonyl (C=S) groups is 1. The number of aromatic nitrogens is 1. The maximum Gasteiger partial charge on any atom is 0.410 e. The second-order valence-electron chi connectivity index (χ2n) is 7.19. The van der Waals surface area contributed by atoms with Gasteiger partial charge in [0.05, 0.1) is 26.5 Å². The van der Waals surface area contributed by atoms with Crippen LogP contribution < -0.4 is 15.1 Å². The first-order valence-electron chi connectivity index (χ1n) is 8.92. The van der Waals surface area contributed by atoms with Crippen molar-refractivity contribution in [2.75, 3.05) is 15.1 Å². The van der Waals surface area contributed by atoms with Crippen molar-refractivity contribution in [3.63, 3.8) is 0 Å². The molecule has 2 heterocycles. The van der Waals surface area contributed by atoms with Crippen molar-refractivity contribution in [2.45, 2.75) is 19.4 Å². The van der Waals surface area contributed by atoms with Gasteiger partial charge in [-0.2, -0.15) is 5.26 Å². The number of anilines is 3. The molecule has 2 amide bonds. The molecule has 0 aliphatic carbocycles. The van der Waals surface area contributed by atoms with Gasteiger partial charge in [-0.05, 0) is 62.5 Å². The third kappa shape index (κ3) is 3.46. The highest BCUT2D eigenvalue weighted by atomic mass is 35.5. The van der Waals surface area contributed by atoms with Gasteiger partial charge in [-0.25, -0.2) is 9.78 Å². The maximum absolute atomic E-state index is 13.3. The van der Waals surface area contributed by atoms with Gasteiger partial charge in [0.2, 0.25) is 0 Å². The predicted octanol–water partition coefficient (Wildman–Crippen LogP) is 4.83. The molecule has 1 aliphatic rings. The van der Waals surface area contributed by atoms with Crippen LogP contribution in [0.1, 0.15) is 19.4 Å². The second-order valence-corrected chi connectivity index (χ2v) is 9.00. The van der Waals surface area contributed by atoms with Crippen LogP contribution in [0.15, 0.2) is 36.4 Å². The number of nitrogens with zero attached hydrogens (tertiary/aromatic N) is 4. The first kappa shape index (κ1) is 21.0. The Bertz CT molecular complexity index is 1310. The van der Waals surface area contributed by atoms with Gasteiger partial charge in [-0.1, -0.05) is 22.9 Å². The monoisotopic (exact) mass is 471 g/mol. The molecule has 1 aromatic heterocycles. The molecule has 0 bridgehead atoms. The van der Waals surface area contributed by atoms with Gasteiger partial charge in [0.25, 0.3) is 5.91 Å². The van der Waals surface area contributed by atoms with Gasteiger partial charge >= 0.3 is 6.09 Å². The molecule has 1 fully saturated rings. The number of carboxylic acid groups (broad SMARTS) is 1. The summed E-state index contributed by atoms with van der Waals surface area (Å²) in [5.41, 5.74) is 1.00. The van der Waals surface area contributed by atoms with E-state index in [1.54, 1.807) is 43.0 Å². The highest BCUT2D eigenvalue weighted by Gasteiger charge is 2.50. The number of rotatable bonds is 3. The van der Waals surface area contributed by atoms with Gasteiger partial charge < -0.3 is 10.0 Å². The van der Waals surface area contributed by atoms with E-state index in [2.05, 4.69) is 10.3 Å². The summed E-state index contributed by atoms with van der Waals surface area (Å²) in [5, 5.41) is 21.0. The Labute approximate surface area is 191 Å². The number of benzene rings is 2. The summed E-state index contributed by atoms with van der Waals surface area (Å²) < 4.78 is 0.789. The average molecular weight is 472 g/mol. The Morgan fingerprint density at radius 1 is 1.29 bits per heavy atom. The average Bonchev–Trinajstić information content (AvgIpc) is 3.16. The van der Waals surface area contributed by atoms with Crippen LogP contribution in [0, 0.1) is 11.3 Å². The second kappa shape index (κ2) is 7.46. The lowest BCUT2D eigenvalue weighted by atomic mass is 10.0. The largest absolute Gasteiger partial charge is 0.465 e. The lowest BCUT2D eigenvalue weighted by Crippen LogP contribution is -2.44. The topological polar surface area (TPSA) is 110 Å². The van der Waals surface area contributed by atoms with Crippen molar-refractivity contribution in [1.29, 1.82) is 5.26 Å². The summed E-state index contributed by atoms with van der Waals surface area (Å²) in [6, 6.07) is 12.1. The summed E-state index contributed by atoms with van der Waals surface area (Å²) in [7, 11) is 0. The minimum atomic E-state index is -1.19. The molecular formula is C20H14ClN5O3S2. The number of hydrogen-bond donors (Lipinski definition) is 2. The SMILES string of the molecule is CC1(C)C(=O)N(c2ccc(C#N)c(Cl)c2)C(=S)N1c1ccc2sc(NC(=O)O)nc2c1. The Balaban J connectivity index is 1.75. The zero-order valence-electron chi connectivity index (χ0n) is 16.2. The maximum atomic E-state index is 13.3. The molecule has 0 saturated carbocycles. The first-order chi connectivity index (χ1) is 14.6. The van der Waals surface area contributed by atoms with E-state index in [9.17, 15) is 9.59 Å². The number of carbonyl (C=O) groups is 2. The van der Waals surface area contributed by atoms with Crippen LogP contribution in [0.2, 0.25) is 5.02 Å². The molecule has 0 radical (unpaired) electrons. The van der Waals surface area contributed by atoms with Crippen LogP contribution in [-0.4, -0.2) is 32.7 Å². The molecule has 11 heteroatoms. The number of thiazole rings is 1. The summed E-state index contributed by atoms with van der Waals surface area (Å²) in [4.78, 5) is 31.6. The molecule has 156 valence electrons. The van der Waals surface area contributed by atoms with Gasteiger partial charge in [0, 0.05) is 5.69 Å². The molecule has 2 aromatic carbocycles. The molecule has 1 saturated heterocycles. The summed E-state index contributed by atoms with van der Waals surface area (Å²) in [5.74, 6) is -0.245. The molecule has 0 unspecified atom stereocenters. The van der Waals surface area contributed by atoms with E-state index in [0.29, 0.717) is 22.5 Å². The van der Waals surface area contributed by atoms with Crippen molar-refractivity contribution in [2.24, 2.45) is 0 Å². The molecular weight excluding hydrogens is 458 g/mol. The Hall–Kier alpha value is -3.26. The van der Waals surface area contributed by atoms with Crippen LogP contribution in [0.5, 0.6) is 0 Å². The van der Waals surface area contributed by atoms with Gasteiger partial charge in [-0.3, -0.25) is 15.0 Å². The minimum absolute atomic E-state index is 0.231. The highest BCUT2D eigenvalue weighted by Crippen LogP contribution is 2.39. The van der Waals surface area contributed by atoms with Gasteiger partial charge in [0.1, 0.15) is 11.6 Å². The minimum Gasteiger partial charge on any atom is -0.465 e. The number of fused-ring (bicyclic) bond motifs is 1. The molecule has 1 aliphatic heterocycles. The Morgan fingerprint density at radius 3 is 2.65 bits per heavy atom. The molecule has 0 atom stereocenters. The zero-order valence-corrected chi connectivity index (χ0v) is 18.6. The standard InChI is InChI=1S/C20H14ClN5O3S2/c1-20(2)16(27)25(11-4-3-10(9-22)13(21)7-11)19(30)26(20)12-5-6-15-14(8-12)23-17(31-15)24-18(28)29/h3-8H,1-2H3,(H,23,24)(H,28,29). The van der Waals surface area contributed by atoms with Crippen molar-refractivity contribution in [3.05, 3.63) is 47.0 Å². The number of nitriles is 1. The Morgan fingerprint density at radius 2 is 2.00 bits per heavy atom. The summed E-state index contributed by atoms with van der Waals surface area (Å²) in [6.45, 7) is 3.52. The number of hydrogen-bond acceptors (Lipinski definition) is 6. The van der Waals surface area contributed by atoms with E-state index in [1.165, 1.54) is 22.3 Å². The quantitative estimate of drug-likeness (QED) is 0.526. The van der Waals surface area contributed by atoms with E-state index in [1.807, 2.05) is 12.1 Å². The highest BCUT2D eigenvalue weighted by molar-refractivity contribution is 7.81. The summed E-state index contributed by atoms with van der Waals surface area (Å²) >= 11 is 13.0. The molecule has 4 rings (SSSR count). The lowest BCUT2D eigenvalue weighted by Gasteiger charge is -2.29. The van der Waals surface area contributed by atoms with E-state index < -0.39 is 11.6 Å². The van der Waals surface area contributed by atoms with Crippen molar-refractivity contribution in [1.82, 2.24) is 4.98 Å². The van der Waals surface area contributed by atoms with Crippen molar-refractivity contribution in [3.8, 4) is 6.07 Å². The smallest absolute Gasteiger partial charge is 0.410 e. The van der Waals surface area contributed by atoms with Crippen molar-refractivity contribution < 1.29 is 14.7 Å². The van der Waals surface area contributed by atoms with E-state index in [-0.39, 0.29) is 21.2 Å². The number of halogens is 1. The van der Waals surface area contributed by atoms with E-state index >= 15 is 0 Å².